The van der Waals surface area contributed by atoms with Crippen LogP contribution in [0.4, 0.5) is 0 Å². The normalized spacial score (nSPS) is 19.1. The summed E-state index contributed by atoms with van der Waals surface area (Å²) in [6, 6.07) is 6.88. The van der Waals surface area contributed by atoms with Crippen molar-refractivity contribution in [2.24, 2.45) is 0 Å². The van der Waals surface area contributed by atoms with Gasteiger partial charge in [0.05, 0.1) is 11.0 Å². The molecule has 0 saturated carbocycles. The number of hydrogen-bond donors (Lipinski definition) is 2. The predicted octanol–water partition coefficient (Wildman–Crippen LogP) is 1.25. The van der Waals surface area contributed by atoms with Crippen molar-refractivity contribution < 1.29 is 0 Å². The largest absolute Gasteiger partial charge is 0.326 e. The maximum Gasteiger partial charge on any atom is 0.326 e. The molecule has 0 bridgehead atoms. The molecule has 2 aromatic rings. The molecule has 4 heteroatoms. The number of aromatic nitrogens is 2. The standard InChI is InChI=1S/C13H17N3O/c1-8(2)14-10-6-9-4-3-5-11-12(9)16(7-10)13(17)15-11/h3-5,8,10,14H,6-7H2,1-2H3,(H,15,17)/t10-/m1/s1. The Balaban J connectivity index is 2.09. The van der Waals surface area contributed by atoms with Crippen molar-refractivity contribution >= 4 is 11.0 Å². The average Bonchev–Trinajstić information content (AvgIpc) is 2.57. The van der Waals surface area contributed by atoms with Crippen molar-refractivity contribution in [3.8, 4) is 0 Å². The summed E-state index contributed by atoms with van der Waals surface area (Å²) in [6.45, 7) is 5.03. The summed E-state index contributed by atoms with van der Waals surface area (Å²) in [5, 5.41) is 3.51. The maximum atomic E-state index is 11.9. The highest BCUT2D eigenvalue weighted by atomic mass is 16.1. The first kappa shape index (κ1) is 10.6. The van der Waals surface area contributed by atoms with Gasteiger partial charge in [-0.25, -0.2) is 4.79 Å². The monoisotopic (exact) mass is 231 g/mol. The third-order valence-corrected chi connectivity index (χ3v) is 3.31. The van der Waals surface area contributed by atoms with Gasteiger partial charge in [0.15, 0.2) is 0 Å². The molecule has 0 aliphatic carbocycles. The molecule has 4 nitrogen and oxygen atoms in total. The van der Waals surface area contributed by atoms with Crippen LogP contribution in [0.25, 0.3) is 11.0 Å². The summed E-state index contributed by atoms with van der Waals surface area (Å²) in [7, 11) is 0. The predicted molar refractivity (Wildman–Crippen MR) is 68.3 cm³/mol. The van der Waals surface area contributed by atoms with Crippen LogP contribution in [0.2, 0.25) is 0 Å². The highest BCUT2D eigenvalue weighted by Gasteiger charge is 2.22. The number of rotatable bonds is 2. The van der Waals surface area contributed by atoms with Gasteiger partial charge in [0.1, 0.15) is 0 Å². The lowest BCUT2D eigenvalue weighted by Gasteiger charge is -2.26. The molecular weight excluding hydrogens is 214 g/mol. The van der Waals surface area contributed by atoms with Crippen LogP contribution < -0.4 is 11.0 Å². The van der Waals surface area contributed by atoms with E-state index in [2.05, 4.69) is 30.2 Å². The minimum Gasteiger partial charge on any atom is -0.310 e. The topological polar surface area (TPSA) is 49.8 Å². The molecule has 2 heterocycles. The van der Waals surface area contributed by atoms with Gasteiger partial charge >= 0.3 is 5.69 Å². The Morgan fingerprint density at radius 2 is 2.29 bits per heavy atom. The summed E-state index contributed by atoms with van der Waals surface area (Å²) < 4.78 is 1.86. The van der Waals surface area contributed by atoms with Crippen LogP contribution in [0.15, 0.2) is 23.0 Å². The lowest BCUT2D eigenvalue weighted by Crippen LogP contribution is -2.43. The van der Waals surface area contributed by atoms with E-state index < -0.39 is 0 Å². The van der Waals surface area contributed by atoms with E-state index >= 15 is 0 Å². The SMILES string of the molecule is CC(C)N[C@@H]1Cc2cccc3[nH]c(=O)n(c23)C1. The van der Waals surface area contributed by atoms with Crippen molar-refractivity contribution in [2.45, 2.75) is 38.9 Å². The fourth-order valence-electron chi connectivity index (χ4n) is 2.77. The molecule has 0 amide bonds. The van der Waals surface area contributed by atoms with E-state index in [0.717, 1.165) is 24.0 Å². The second-order valence-electron chi connectivity index (χ2n) is 5.08. The zero-order valence-electron chi connectivity index (χ0n) is 10.2. The van der Waals surface area contributed by atoms with Crippen molar-refractivity contribution in [2.75, 3.05) is 0 Å². The lowest BCUT2D eigenvalue weighted by molar-refractivity contribution is 0.400. The fourth-order valence-corrected chi connectivity index (χ4v) is 2.77. The number of H-pyrrole nitrogens is 1. The van der Waals surface area contributed by atoms with Crippen LogP contribution >= 0.6 is 0 Å². The van der Waals surface area contributed by atoms with Gasteiger partial charge in [-0.2, -0.15) is 0 Å². The van der Waals surface area contributed by atoms with Crippen molar-refractivity contribution in [3.63, 3.8) is 0 Å². The minimum absolute atomic E-state index is 0.00251. The molecule has 2 N–H and O–H groups in total. The third-order valence-electron chi connectivity index (χ3n) is 3.31. The first-order valence-corrected chi connectivity index (χ1v) is 6.11. The lowest BCUT2D eigenvalue weighted by atomic mass is 10.00. The van der Waals surface area contributed by atoms with Crippen LogP contribution in [-0.2, 0) is 13.0 Å². The molecule has 1 aliphatic heterocycles. The van der Waals surface area contributed by atoms with Crippen LogP contribution in [0, 0.1) is 0 Å². The number of imidazole rings is 1. The summed E-state index contributed by atoms with van der Waals surface area (Å²) >= 11 is 0. The Kier molecular flexibility index (Phi) is 2.33. The van der Waals surface area contributed by atoms with E-state index in [4.69, 9.17) is 0 Å². The van der Waals surface area contributed by atoms with E-state index in [1.807, 2.05) is 16.7 Å². The highest BCUT2D eigenvalue weighted by molar-refractivity contribution is 5.79. The molecule has 1 aliphatic rings. The minimum atomic E-state index is 0.00251. The number of benzene rings is 1. The Hall–Kier alpha value is -1.55. The molecule has 17 heavy (non-hydrogen) atoms. The van der Waals surface area contributed by atoms with Gasteiger partial charge in [-0.1, -0.05) is 26.0 Å². The van der Waals surface area contributed by atoms with Crippen LogP contribution in [0.5, 0.6) is 0 Å². The first-order valence-electron chi connectivity index (χ1n) is 6.11. The van der Waals surface area contributed by atoms with E-state index in [1.165, 1.54) is 5.56 Å². The second-order valence-corrected chi connectivity index (χ2v) is 5.08. The van der Waals surface area contributed by atoms with E-state index in [-0.39, 0.29) is 5.69 Å². The smallest absolute Gasteiger partial charge is 0.310 e. The molecular formula is C13H17N3O. The van der Waals surface area contributed by atoms with Crippen LogP contribution in [0.3, 0.4) is 0 Å². The Labute approximate surface area is 99.6 Å². The van der Waals surface area contributed by atoms with Crippen molar-refractivity contribution in [3.05, 3.63) is 34.2 Å². The zero-order valence-corrected chi connectivity index (χ0v) is 10.2. The van der Waals surface area contributed by atoms with Crippen molar-refractivity contribution in [1.29, 1.82) is 0 Å². The molecule has 0 radical (unpaired) electrons. The van der Waals surface area contributed by atoms with Gasteiger partial charge in [0.25, 0.3) is 0 Å². The van der Waals surface area contributed by atoms with E-state index in [9.17, 15) is 4.79 Å². The number of nitrogens with one attached hydrogen (secondary N) is 2. The number of para-hydroxylation sites is 1. The number of aromatic amines is 1. The van der Waals surface area contributed by atoms with Gasteiger partial charge in [-0.05, 0) is 18.1 Å². The zero-order chi connectivity index (χ0) is 12.0. The summed E-state index contributed by atoms with van der Waals surface area (Å²) in [5.41, 5.74) is 3.29. The maximum absolute atomic E-state index is 11.9. The van der Waals surface area contributed by atoms with Gasteiger partial charge in [0, 0.05) is 18.6 Å². The van der Waals surface area contributed by atoms with Gasteiger partial charge in [-0.15, -0.1) is 0 Å². The van der Waals surface area contributed by atoms with Crippen molar-refractivity contribution in [1.82, 2.24) is 14.9 Å². The first-order chi connectivity index (χ1) is 8.15. The Morgan fingerprint density at radius 3 is 3.06 bits per heavy atom. The number of nitrogens with zero attached hydrogens (tertiary/aromatic N) is 1. The molecule has 3 rings (SSSR count). The van der Waals surface area contributed by atoms with Gasteiger partial charge < -0.3 is 10.3 Å². The average molecular weight is 231 g/mol. The summed E-state index contributed by atoms with van der Waals surface area (Å²) in [6.07, 6.45) is 0.993. The van der Waals surface area contributed by atoms with Gasteiger partial charge in [-0.3, -0.25) is 4.57 Å². The second kappa shape index (κ2) is 3.74. The molecule has 1 aromatic heterocycles. The van der Waals surface area contributed by atoms with Gasteiger partial charge in [0.2, 0.25) is 0 Å². The van der Waals surface area contributed by atoms with E-state index in [0.29, 0.717) is 12.1 Å². The molecule has 0 saturated heterocycles. The molecule has 1 aromatic carbocycles. The van der Waals surface area contributed by atoms with Crippen LogP contribution in [-0.4, -0.2) is 21.6 Å². The summed E-state index contributed by atoms with van der Waals surface area (Å²) in [5.74, 6) is 0. The fraction of sp³-hybridized carbons (Fsp3) is 0.462. The number of hydrogen-bond acceptors (Lipinski definition) is 2. The summed E-state index contributed by atoms with van der Waals surface area (Å²) in [4.78, 5) is 14.8. The van der Waals surface area contributed by atoms with Crippen LogP contribution in [0.1, 0.15) is 19.4 Å². The molecule has 0 spiro atoms. The Bertz CT molecular complexity index is 609. The molecule has 0 unspecified atom stereocenters. The quantitative estimate of drug-likeness (QED) is 0.817. The molecule has 0 fully saturated rings. The third kappa shape index (κ3) is 1.69. The Morgan fingerprint density at radius 1 is 1.47 bits per heavy atom. The molecule has 1 atom stereocenters. The highest BCUT2D eigenvalue weighted by Crippen LogP contribution is 2.22. The molecule has 90 valence electrons. The van der Waals surface area contributed by atoms with E-state index in [1.54, 1.807) is 0 Å².